The highest BCUT2D eigenvalue weighted by molar-refractivity contribution is 4.75. The van der Waals surface area contributed by atoms with Gasteiger partial charge in [0.2, 0.25) is 0 Å². The molecule has 0 aromatic heterocycles. The molecule has 0 aromatic rings. The summed E-state index contributed by atoms with van der Waals surface area (Å²) in [5.74, 6) is 0.946. The van der Waals surface area contributed by atoms with E-state index in [0.29, 0.717) is 6.04 Å². The molecule has 1 N–H and O–H groups in total. The van der Waals surface area contributed by atoms with Crippen molar-refractivity contribution in [1.29, 1.82) is 0 Å². The van der Waals surface area contributed by atoms with Crippen molar-refractivity contribution in [3.63, 3.8) is 0 Å². The Morgan fingerprint density at radius 3 is 2.60 bits per heavy atom. The molecule has 15 heavy (non-hydrogen) atoms. The fourth-order valence-corrected chi connectivity index (χ4v) is 2.21. The van der Waals surface area contributed by atoms with Gasteiger partial charge in [-0.3, -0.25) is 4.90 Å². The monoisotopic (exact) mass is 212 g/mol. The lowest BCUT2D eigenvalue weighted by atomic mass is 9.98. The average Bonchev–Trinajstić information content (AvgIpc) is 2.25. The van der Waals surface area contributed by atoms with Crippen LogP contribution < -0.4 is 5.32 Å². The number of hydrogen-bond acceptors (Lipinski definition) is 2. The molecular weight excluding hydrogens is 184 g/mol. The third-order valence-corrected chi connectivity index (χ3v) is 3.59. The van der Waals surface area contributed by atoms with Crippen LogP contribution in [0.2, 0.25) is 0 Å². The van der Waals surface area contributed by atoms with Crippen LogP contribution in [0.1, 0.15) is 46.5 Å². The number of nitrogens with one attached hydrogen (secondary N) is 1. The average molecular weight is 212 g/mol. The Labute approximate surface area is 95.4 Å². The maximum Gasteiger partial charge on any atom is 0.0192 e. The van der Waals surface area contributed by atoms with Crippen LogP contribution in [-0.2, 0) is 0 Å². The van der Waals surface area contributed by atoms with Crippen molar-refractivity contribution in [2.45, 2.75) is 52.5 Å². The van der Waals surface area contributed by atoms with Gasteiger partial charge in [0.15, 0.2) is 0 Å². The molecule has 90 valence electrons. The topological polar surface area (TPSA) is 15.3 Å². The van der Waals surface area contributed by atoms with Crippen LogP contribution >= 0.6 is 0 Å². The van der Waals surface area contributed by atoms with E-state index in [0.717, 1.165) is 12.5 Å². The summed E-state index contributed by atoms with van der Waals surface area (Å²) in [5, 5.41) is 3.55. The van der Waals surface area contributed by atoms with E-state index in [9.17, 15) is 0 Å². The molecule has 1 aliphatic rings. The molecule has 1 unspecified atom stereocenters. The number of piperidine rings is 1. The fraction of sp³-hybridized carbons (Fsp3) is 1.00. The van der Waals surface area contributed by atoms with Gasteiger partial charge in [-0.25, -0.2) is 0 Å². The van der Waals surface area contributed by atoms with Gasteiger partial charge in [-0.1, -0.05) is 20.3 Å². The maximum atomic E-state index is 3.55. The van der Waals surface area contributed by atoms with Gasteiger partial charge in [0.1, 0.15) is 0 Å². The molecule has 0 spiro atoms. The standard InChI is InChI=1S/C13H28N2/c1-4-5-8-14-11-13(3)15-9-6-12(2)7-10-15/h12-14H,4-11H2,1-3H3. The normalized spacial score (nSPS) is 21.8. The van der Waals surface area contributed by atoms with E-state index in [1.807, 2.05) is 0 Å². The van der Waals surface area contributed by atoms with Crippen LogP contribution in [-0.4, -0.2) is 37.1 Å². The molecule has 1 rings (SSSR count). The van der Waals surface area contributed by atoms with Crippen molar-refractivity contribution >= 4 is 0 Å². The zero-order chi connectivity index (χ0) is 11.1. The minimum atomic E-state index is 0.717. The van der Waals surface area contributed by atoms with E-state index in [1.165, 1.54) is 45.3 Å². The number of nitrogens with zero attached hydrogens (tertiary/aromatic N) is 1. The number of hydrogen-bond donors (Lipinski definition) is 1. The van der Waals surface area contributed by atoms with Crippen molar-refractivity contribution in [3.8, 4) is 0 Å². The molecule has 2 heteroatoms. The molecular formula is C13H28N2. The summed E-state index contributed by atoms with van der Waals surface area (Å²) in [6.45, 7) is 11.9. The Balaban J connectivity index is 2.08. The fourth-order valence-electron chi connectivity index (χ4n) is 2.21. The summed E-state index contributed by atoms with van der Waals surface area (Å²) in [6, 6.07) is 0.717. The van der Waals surface area contributed by atoms with E-state index >= 15 is 0 Å². The van der Waals surface area contributed by atoms with Crippen molar-refractivity contribution in [2.24, 2.45) is 5.92 Å². The van der Waals surface area contributed by atoms with Gasteiger partial charge in [0.25, 0.3) is 0 Å². The van der Waals surface area contributed by atoms with Crippen molar-refractivity contribution in [3.05, 3.63) is 0 Å². The van der Waals surface area contributed by atoms with Crippen LogP contribution in [0.4, 0.5) is 0 Å². The third kappa shape index (κ3) is 4.98. The lowest BCUT2D eigenvalue weighted by molar-refractivity contribution is 0.145. The van der Waals surface area contributed by atoms with E-state index in [1.54, 1.807) is 0 Å². The maximum absolute atomic E-state index is 3.55. The predicted molar refractivity (Wildman–Crippen MR) is 67.2 cm³/mol. The second kappa shape index (κ2) is 7.24. The summed E-state index contributed by atoms with van der Waals surface area (Å²) < 4.78 is 0. The molecule has 1 aliphatic heterocycles. The predicted octanol–water partition coefficient (Wildman–Crippen LogP) is 2.50. The van der Waals surface area contributed by atoms with Gasteiger partial charge in [-0.05, 0) is 51.7 Å². The zero-order valence-electron chi connectivity index (χ0n) is 10.8. The lowest BCUT2D eigenvalue weighted by Crippen LogP contribution is -2.44. The van der Waals surface area contributed by atoms with Gasteiger partial charge in [-0.2, -0.15) is 0 Å². The zero-order valence-corrected chi connectivity index (χ0v) is 10.8. The molecule has 0 amide bonds. The first-order valence-electron chi connectivity index (χ1n) is 6.68. The Hall–Kier alpha value is -0.0800. The highest BCUT2D eigenvalue weighted by Crippen LogP contribution is 2.17. The van der Waals surface area contributed by atoms with Crippen LogP contribution in [0.25, 0.3) is 0 Å². The van der Waals surface area contributed by atoms with Gasteiger partial charge in [0.05, 0.1) is 0 Å². The van der Waals surface area contributed by atoms with Gasteiger partial charge in [0, 0.05) is 12.6 Å². The Morgan fingerprint density at radius 1 is 1.33 bits per heavy atom. The molecule has 2 nitrogen and oxygen atoms in total. The summed E-state index contributed by atoms with van der Waals surface area (Å²) in [7, 11) is 0. The van der Waals surface area contributed by atoms with Crippen LogP contribution in [0.15, 0.2) is 0 Å². The van der Waals surface area contributed by atoms with Gasteiger partial charge < -0.3 is 5.32 Å². The number of likely N-dealkylation sites (tertiary alicyclic amines) is 1. The highest BCUT2D eigenvalue weighted by atomic mass is 15.2. The molecule has 0 saturated carbocycles. The summed E-state index contributed by atoms with van der Waals surface area (Å²) in [5.41, 5.74) is 0. The van der Waals surface area contributed by atoms with Crippen LogP contribution in [0.5, 0.6) is 0 Å². The van der Waals surface area contributed by atoms with Crippen molar-refractivity contribution < 1.29 is 0 Å². The summed E-state index contributed by atoms with van der Waals surface area (Å²) in [6.07, 6.45) is 5.38. The molecule has 0 radical (unpaired) electrons. The number of unbranched alkanes of at least 4 members (excludes halogenated alkanes) is 1. The van der Waals surface area contributed by atoms with Crippen molar-refractivity contribution in [2.75, 3.05) is 26.2 Å². The van der Waals surface area contributed by atoms with Crippen molar-refractivity contribution in [1.82, 2.24) is 10.2 Å². The number of rotatable bonds is 6. The second-order valence-electron chi connectivity index (χ2n) is 5.13. The molecule has 0 bridgehead atoms. The Bertz CT molecular complexity index is 151. The molecule has 1 heterocycles. The molecule has 0 aromatic carbocycles. The third-order valence-electron chi connectivity index (χ3n) is 3.59. The molecule has 1 fully saturated rings. The summed E-state index contributed by atoms with van der Waals surface area (Å²) >= 11 is 0. The molecule has 1 atom stereocenters. The molecule has 1 saturated heterocycles. The minimum Gasteiger partial charge on any atom is -0.315 e. The van der Waals surface area contributed by atoms with Crippen LogP contribution in [0, 0.1) is 5.92 Å². The minimum absolute atomic E-state index is 0.717. The smallest absolute Gasteiger partial charge is 0.0192 e. The summed E-state index contributed by atoms with van der Waals surface area (Å²) in [4.78, 5) is 2.64. The second-order valence-corrected chi connectivity index (χ2v) is 5.13. The van der Waals surface area contributed by atoms with Gasteiger partial charge >= 0.3 is 0 Å². The Morgan fingerprint density at radius 2 is 2.00 bits per heavy atom. The first-order chi connectivity index (χ1) is 7.24. The highest BCUT2D eigenvalue weighted by Gasteiger charge is 2.19. The largest absolute Gasteiger partial charge is 0.315 e. The lowest BCUT2D eigenvalue weighted by Gasteiger charge is -2.35. The van der Waals surface area contributed by atoms with Crippen LogP contribution in [0.3, 0.4) is 0 Å². The Kier molecular flexibility index (Phi) is 6.26. The van der Waals surface area contributed by atoms with Gasteiger partial charge in [-0.15, -0.1) is 0 Å². The first kappa shape index (κ1) is 13.0. The van der Waals surface area contributed by atoms with E-state index in [-0.39, 0.29) is 0 Å². The quantitative estimate of drug-likeness (QED) is 0.681. The van der Waals surface area contributed by atoms with E-state index in [4.69, 9.17) is 0 Å². The van der Waals surface area contributed by atoms with E-state index in [2.05, 4.69) is 31.0 Å². The van der Waals surface area contributed by atoms with E-state index < -0.39 is 0 Å². The SMILES string of the molecule is CCCCNCC(C)N1CCC(C)CC1. The molecule has 0 aliphatic carbocycles. The first-order valence-corrected chi connectivity index (χ1v) is 6.68.